The fourth-order valence-corrected chi connectivity index (χ4v) is 3.21. The first-order valence-electron chi connectivity index (χ1n) is 7.27. The molecule has 0 aliphatic carbocycles. The van der Waals surface area contributed by atoms with Crippen molar-refractivity contribution in [3.63, 3.8) is 0 Å². The molecule has 1 saturated heterocycles. The Kier molecular flexibility index (Phi) is 4.73. The van der Waals surface area contributed by atoms with Gasteiger partial charge in [-0.25, -0.2) is 0 Å². The van der Waals surface area contributed by atoms with E-state index in [1.165, 1.54) is 6.42 Å². The third kappa shape index (κ3) is 2.99. The topological polar surface area (TPSA) is 72.4 Å². The Morgan fingerprint density at radius 3 is 2.70 bits per heavy atom. The van der Waals surface area contributed by atoms with Gasteiger partial charge in [0.1, 0.15) is 0 Å². The Labute approximate surface area is 119 Å². The number of likely N-dealkylation sites (tertiary alicyclic amines) is 1. The van der Waals surface area contributed by atoms with Crippen molar-refractivity contribution in [2.24, 2.45) is 5.73 Å². The molecule has 0 spiro atoms. The number of benzene rings is 1. The van der Waals surface area contributed by atoms with Crippen molar-refractivity contribution in [1.29, 1.82) is 0 Å². The molecule has 1 heterocycles. The quantitative estimate of drug-likeness (QED) is 0.678. The molecule has 0 amide bonds. The van der Waals surface area contributed by atoms with Gasteiger partial charge < -0.3 is 5.73 Å². The second-order valence-electron chi connectivity index (χ2n) is 5.65. The maximum Gasteiger partial charge on any atom is 0.274 e. The van der Waals surface area contributed by atoms with E-state index in [1.54, 1.807) is 12.1 Å². The zero-order valence-electron chi connectivity index (χ0n) is 12.2. The van der Waals surface area contributed by atoms with Gasteiger partial charge in [0.15, 0.2) is 0 Å². The van der Waals surface area contributed by atoms with Crippen LogP contribution in [0, 0.1) is 10.1 Å². The first-order chi connectivity index (χ1) is 9.52. The van der Waals surface area contributed by atoms with Crippen molar-refractivity contribution in [3.8, 4) is 0 Å². The molecule has 1 fully saturated rings. The number of nitro benzene ring substituents is 1. The lowest BCUT2D eigenvalue weighted by Gasteiger charge is -2.41. The van der Waals surface area contributed by atoms with Gasteiger partial charge in [-0.1, -0.05) is 24.6 Å². The van der Waals surface area contributed by atoms with Crippen LogP contribution in [0.5, 0.6) is 0 Å². The second kappa shape index (κ2) is 6.33. The summed E-state index contributed by atoms with van der Waals surface area (Å²) in [6, 6.07) is 7.43. The Balaban J connectivity index is 2.29. The number of hydrogen-bond donors (Lipinski definition) is 1. The van der Waals surface area contributed by atoms with Crippen molar-refractivity contribution in [3.05, 3.63) is 39.9 Å². The van der Waals surface area contributed by atoms with E-state index in [0.29, 0.717) is 6.04 Å². The summed E-state index contributed by atoms with van der Waals surface area (Å²) in [5.74, 6) is 0. The van der Waals surface area contributed by atoms with Gasteiger partial charge in [-0.3, -0.25) is 15.0 Å². The SMILES string of the molecule is CC(N)C1CCCCN1C(C)c1ccccc1[N+](=O)[O-]. The zero-order chi connectivity index (χ0) is 14.7. The number of rotatable bonds is 4. The molecule has 1 aromatic carbocycles. The largest absolute Gasteiger partial charge is 0.327 e. The number of hydrogen-bond acceptors (Lipinski definition) is 4. The standard InChI is InChI=1S/C15H23N3O2/c1-11(16)14-8-5-6-10-17(14)12(2)13-7-3-4-9-15(13)18(19)20/h3-4,7,9,11-12,14H,5-6,8,10,16H2,1-2H3. The average Bonchev–Trinajstić information content (AvgIpc) is 2.46. The fraction of sp³-hybridized carbons (Fsp3) is 0.600. The molecule has 0 aromatic heterocycles. The second-order valence-corrected chi connectivity index (χ2v) is 5.65. The molecule has 3 atom stereocenters. The van der Waals surface area contributed by atoms with Crippen LogP contribution >= 0.6 is 0 Å². The predicted octanol–water partition coefficient (Wildman–Crippen LogP) is 2.86. The number of nitrogens with zero attached hydrogens (tertiary/aromatic N) is 2. The van der Waals surface area contributed by atoms with Crippen molar-refractivity contribution in [2.75, 3.05) is 6.54 Å². The molecule has 0 bridgehead atoms. The summed E-state index contributed by atoms with van der Waals surface area (Å²) in [4.78, 5) is 13.2. The molecule has 2 N–H and O–H groups in total. The Morgan fingerprint density at radius 2 is 2.05 bits per heavy atom. The molecular formula is C15H23N3O2. The summed E-state index contributed by atoms with van der Waals surface area (Å²) in [6.45, 7) is 5.03. The molecule has 1 aliphatic rings. The zero-order valence-corrected chi connectivity index (χ0v) is 12.2. The summed E-state index contributed by atoms with van der Waals surface area (Å²) in [5.41, 5.74) is 7.08. The van der Waals surface area contributed by atoms with Crippen molar-refractivity contribution in [1.82, 2.24) is 4.90 Å². The van der Waals surface area contributed by atoms with Crippen molar-refractivity contribution in [2.45, 2.75) is 51.2 Å². The fourth-order valence-electron chi connectivity index (χ4n) is 3.21. The monoisotopic (exact) mass is 277 g/mol. The van der Waals surface area contributed by atoms with Crippen LogP contribution < -0.4 is 5.73 Å². The van der Waals surface area contributed by atoms with Crippen LogP contribution in [0.2, 0.25) is 0 Å². The van der Waals surface area contributed by atoms with Crippen LogP contribution in [0.1, 0.15) is 44.7 Å². The molecule has 20 heavy (non-hydrogen) atoms. The number of para-hydroxylation sites is 1. The van der Waals surface area contributed by atoms with Gasteiger partial charge in [0.2, 0.25) is 0 Å². The van der Waals surface area contributed by atoms with Crippen molar-refractivity contribution < 1.29 is 4.92 Å². The summed E-state index contributed by atoms with van der Waals surface area (Å²) >= 11 is 0. The Bertz CT molecular complexity index is 476. The summed E-state index contributed by atoms with van der Waals surface area (Å²) in [5, 5.41) is 11.2. The van der Waals surface area contributed by atoms with Gasteiger partial charge in [0.05, 0.1) is 4.92 Å². The Hall–Kier alpha value is -1.46. The van der Waals surface area contributed by atoms with Crippen LogP contribution in [0.3, 0.4) is 0 Å². The molecule has 1 aliphatic heterocycles. The summed E-state index contributed by atoms with van der Waals surface area (Å²) in [6.07, 6.45) is 3.39. The van der Waals surface area contributed by atoms with Gasteiger partial charge in [-0.05, 0) is 33.2 Å². The summed E-state index contributed by atoms with van der Waals surface area (Å²) in [7, 11) is 0. The molecule has 1 aromatic rings. The minimum absolute atomic E-state index is 0.0212. The first kappa shape index (κ1) is 14.9. The van der Waals surface area contributed by atoms with Crippen molar-refractivity contribution >= 4 is 5.69 Å². The lowest BCUT2D eigenvalue weighted by atomic mass is 9.93. The van der Waals surface area contributed by atoms with Crippen LogP contribution in [-0.4, -0.2) is 28.5 Å². The maximum atomic E-state index is 11.2. The highest BCUT2D eigenvalue weighted by molar-refractivity contribution is 5.41. The molecule has 0 saturated carbocycles. The van der Waals surface area contributed by atoms with E-state index in [9.17, 15) is 10.1 Å². The van der Waals surface area contributed by atoms with E-state index in [1.807, 2.05) is 26.0 Å². The number of nitro groups is 1. The summed E-state index contributed by atoms with van der Waals surface area (Å²) < 4.78 is 0. The van der Waals surface area contributed by atoms with E-state index in [4.69, 9.17) is 5.73 Å². The lowest BCUT2D eigenvalue weighted by molar-refractivity contribution is -0.386. The predicted molar refractivity (Wildman–Crippen MR) is 79.5 cm³/mol. The third-order valence-electron chi connectivity index (χ3n) is 4.28. The molecule has 3 unspecified atom stereocenters. The van der Waals surface area contributed by atoms with Gasteiger partial charge >= 0.3 is 0 Å². The van der Waals surface area contributed by atoms with E-state index in [2.05, 4.69) is 4.90 Å². The molecule has 5 heteroatoms. The number of nitrogens with two attached hydrogens (primary N) is 1. The normalized spacial score (nSPS) is 23.2. The van der Waals surface area contributed by atoms with Crippen LogP contribution in [0.4, 0.5) is 5.69 Å². The van der Waals surface area contributed by atoms with Crippen LogP contribution in [0.15, 0.2) is 24.3 Å². The first-order valence-corrected chi connectivity index (χ1v) is 7.27. The third-order valence-corrected chi connectivity index (χ3v) is 4.28. The molecule has 2 rings (SSSR count). The molecule has 110 valence electrons. The minimum atomic E-state index is -0.295. The van der Waals surface area contributed by atoms with E-state index >= 15 is 0 Å². The van der Waals surface area contributed by atoms with Crippen LogP contribution in [-0.2, 0) is 0 Å². The van der Waals surface area contributed by atoms with Gasteiger partial charge in [-0.2, -0.15) is 0 Å². The average molecular weight is 277 g/mol. The lowest BCUT2D eigenvalue weighted by Crippen LogP contribution is -2.50. The highest BCUT2D eigenvalue weighted by Crippen LogP contribution is 2.33. The van der Waals surface area contributed by atoms with E-state index in [0.717, 1.165) is 24.9 Å². The van der Waals surface area contributed by atoms with Gasteiger partial charge in [0, 0.05) is 29.8 Å². The van der Waals surface area contributed by atoms with Gasteiger partial charge in [0.25, 0.3) is 5.69 Å². The molecular weight excluding hydrogens is 254 g/mol. The molecule has 0 radical (unpaired) electrons. The van der Waals surface area contributed by atoms with E-state index in [-0.39, 0.29) is 22.7 Å². The highest BCUT2D eigenvalue weighted by atomic mass is 16.6. The molecule has 5 nitrogen and oxygen atoms in total. The number of piperidine rings is 1. The highest BCUT2D eigenvalue weighted by Gasteiger charge is 2.32. The smallest absolute Gasteiger partial charge is 0.274 e. The van der Waals surface area contributed by atoms with Crippen LogP contribution in [0.25, 0.3) is 0 Å². The van der Waals surface area contributed by atoms with E-state index < -0.39 is 0 Å². The minimum Gasteiger partial charge on any atom is -0.327 e. The Morgan fingerprint density at radius 1 is 1.35 bits per heavy atom. The van der Waals surface area contributed by atoms with Gasteiger partial charge in [-0.15, -0.1) is 0 Å². The maximum absolute atomic E-state index is 11.2.